The zero-order valence-electron chi connectivity index (χ0n) is 12.0. The van der Waals surface area contributed by atoms with Crippen molar-refractivity contribution in [3.63, 3.8) is 0 Å². The van der Waals surface area contributed by atoms with Crippen molar-refractivity contribution in [3.8, 4) is 11.5 Å². The number of hydrogen-bond donors (Lipinski definition) is 1. The van der Waals surface area contributed by atoms with Gasteiger partial charge < -0.3 is 14.8 Å². The number of benzene rings is 1. The van der Waals surface area contributed by atoms with Gasteiger partial charge in [-0.05, 0) is 24.1 Å². The smallest absolute Gasteiger partial charge is 0.161 e. The highest BCUT2D eigenvalue weighted by Gasteiger charge is 2.06. The lowest BCUT2D eigenvalue weighted by Gasteiger charge is -2.11. The predicted octanol–water partition coefficient (Wildman–Crippen LogP) is 2.67. The summed E-state index contributed by atoms with van der Waals surface area (Å²) in [6.45, 7) is 2.47. The summed E-state index contributed by atoms with van der Waals surface area (Å²) in [7, 11) is 3.45. The topological polar surface area (TPSA) is 56.3 Å². The average molecular weight is 273 g/mol. The van der Waals surface area contributed by atoms with Crippen LogP contribution in [0.5, 0.6) is 11.5 Å². The molecule has 106 valence electrons. The van der Waals surface area contributed by atoms with Crippen LogP contribution >= 0.6 is 0 Å². The number of nitrogens with zero attached hydrogens (tertiary/aromatic N) is 2. The van der Waals surface area contributed by atoms with Gasteiger partial charge in [-0.3, -0.25) is 4.98 Å². The summed E-state index contributed by atoms with van der Waals surface area (Å²) in [6, 6.07) is 5.95. The molecule has 5 nitrogen and oxygen atoms in total. The van der Waals surface area contributed by atoms with E-state index in [4.69, 9.17) is 9.47 Å². The lowest BCUT2D eigenvalue weighted by atomic mass is 10.1. The second kappa shape index (κ2) is 6.75. The van der Waals surface area contributed by atoms with E-state index < -0.39 is 0 Å². The molecular weight excluding hydrogens is 254 g/mol. The minimum absolute atomic E-state index is 0.360. The van der Waals surface area contributed by atoms with Gasteiger partial charge in [-0.25, -0.2) is 4.98 Å². The molecule has 0 unspecified atom stereocenters. The number of hydrogen-bond acceptors (Lipinski definition) is 5. The molecule has 0 radical (unpaired) electrons. The Labute approximate surface area is 119 Å². The lowest BCUT2D eigenvalue weighted by Crippen LogP contribution is -2.02. The molecule has 0 amide bonds. The first-order valence-electron chi connectivity index (χ1n) is 6.55. The minimum Gasteiger partial charge on any atom is -0.493 e. The molecule has 0 saturated heterocycles. The van der Waals surface area contributed by atoms with Gasteiger partial charge in [0.05, 0.1) is 25.2 Å². The Morgan fingerprint density at radius 2 is 2.00 bits per heavy atom. The molecule has 0 aliphatic rings. The molecule has 5 heteroatoms. The third-order valence-electron chi connectivity index (χ3n) is 2.97. The normalized spacial score (nSPS) is 10.2. The van der Waals surface area contributed by atoms with Gasteiger partial charge in [0.1, 0.15) is 12.4 Å². The predicted molar refractivity (Wildman–Crippen MR) is 78.3 cm³/mol. The van der Waals surface area contributed by atoms with Gasteiger partial charge >= 0.3 is 0 Å². The number of aromatic nitrogens is 2. The van der Waals surface area contributed by atoms with Gasteiger partial charge in [-0.1, -0.05) is 13.0 Å². The monoisotopic (exact) mass is 273 g/mol. The van der Waals surface area contributed by atoms with Crippen LogP contribution in [0, 0.1) is 0 Å². The van der Waals surface area contributed by atoms with Gasteiger partial charge in [0.2, 0.25) is 0 Å². The summed E-state index contributed by atoms with van der Waals surface area (Å²) in [5, 5.41) is 2.92. The van der Waals surface area contributed by atoms with E-state index in [2.05, 4.69) is 22.2 Å². The zero-order chi connectivity index (χ0) is 14.4. The zero-order valence-corrected chi connectivity index (χ0v) is 12.0. The van der Waals surface area contributed by atoms with Gasteiger partial charge in [0, 0.05) is 7.05 Å². The van der Waals surface area contributed by atoms with Crippen LogP contribution in [0.15, 0.2) is 30.6 Å². The summed E-state index contributed by atoms with van der Waals surface area (Å²) in [4.78, 5) is 8.46. The van der Waals surface area contributed by atoms with Gasteiger partial charge in [-0.15, -0.1) is 0 Å². The van der Waals surface area contributed by atoms with E-state index in [0.29, 0.717) is 12.4 Å². The van der Waals surface area contributed by atoms with E-state index in [-0.39, 0.29) is 0 Å². The molecule has 1 N–H and O–H groups in total. The summed E-state index contributed by atoms with van der Waals surface area (Å²) < 4.78 is 11.1. The Morgan fingerprint density at radius 3 is 2.60 bits per heavy atom. The maximum atomic E-state index is 5.74. The first-order chi connectivity index (χ1) is 9.76. The van der Waals surface area contributed by atoms with Gasteiger partial charge in [-0.2, -0.15) is 0 Å². The molecule has 0 bridgehead atoms. The molecule has 0 atom stereocenters. The van der Waals surface area contributed by atoms with Crippen LogP contribution in [0.3, 0.4) is 0 Å². The highest BCUT2D eigenvalue weighted by Crippen LogP contribution is 2.28. The minimum atomic E-state index is 0.360. The Bertz CT molecular complexity index is 556. The van der Waals surface area contributed by atoms with E-state index in [0.717, 1.165) is 23.7 Å². The molecule has 0 saturated carbocycles. The fraction of sp³-hybridized carbons (Fsp3) is 0.333. The van der Waals surface area contributed by atoms with E-state index in [1.807, 2.05) is 18.2 Å². The molecule has 1 aromatic heterocycles. The van der Waals surface area contributed by atoms with Gasteiger partial charge in [0.15, 0.2) is 11.5 Å². The molecule has 20 heavy (non-hydrogen) atoms. The van der Waals surface area contributed by atoms with Crippen molar-refractivity contribution in [2.45, 2.75) is 20.0 Å². The van der Waals surface area contributed by atoms with Crippen LogP contribution in [-0.2, 0) is 13.0 Å². The molecule has 2 aromatic rings. The molecule has 0 fully saturated rings. The van der Waals surface area contributed by atoms with Crippen LogP contribution in [-0.4, -0.2) is 24.1 Å². The summed E-state index contributed by atoms with van der Waals surface area (Å²) in [6.07, 6.45) is 4.34. The van der Waals surface area contributed by atoms with Crippen molar-refractivity contribution in [2.75, 3.05) is 19.5 Å². The SMILES string of the molecule is CCc1ccc(OCc2cnc(NC)cn2)c(OC)c1. The quantitative estimate of drug-likeness (QED) is 0.877. The van der Waals surface area contributed by atoms with Crippen molar-refractivity contribution >= 4 is 5.82 Å². The largest absolute Gasteiger partial charge is 0.493 e. The van der Waals surface area contributed by atoms with Crippen molar-refractivity contribution in [2.24, 2.45) is 0 Å². The number of rotatable bonds is 6. The molecule has 1 aromatic carbocycles. The number of anilines is 1. The third kappa shape index (κ3) is 3.38. The lowest BCUT2D eigenvalue weighted by molar-refractivity contribution is 0.280. The van der Waals surface area contributed by atoms with Crippen LogP contribution in [0.25, 0.3) is 0 Å². The number of ether oxygens (including phenoxy) is 2. The van der Waals surface area contributed by atoms with Crippen LogP contribution in [0.1, 0.15) is 18.2 Å². The first-order valence-corrected chi connectivity index (χ1v) is 6.55. The standard InChI is InChI=1S/C15H19N3O2/c1-4-11-5-6-13(14(7-11)19-3)20-10-12-8-18-15(16-2)9-17-12/h5-9H,4,10H2,1-3H3,(H,16,18). The van der Waals surface area contributed by atoms with Crippen LogP contribution in [0.4, 0.5) is 5.82 Å². The Hall–Kier alpha value is -2.30. The number of methoxy groups -OCH3 is 1. The van der Waals surface area contributed by atoms with Crippen molar-refractivity contribution < 1.29 is 9.47 Å². The third-order valence-corrected chi connectivity index (χ3v) is 2.97. The highest BCUT2D eigenvalue weighted by atomic mass is 16.5. The first kappa shape index (κ1) is 14.1. The van der Waals surface area contributed by atoms with Crippen LogP contribution < -0.4 is 14.8 Å². The number of aryl methyl sites for hydroxylation is 1. The Kier molecular flexibility index (Phi) is 4.76. The van der Waals surface area contributed by atoms with Crippen molar-refractivity contribution in [1.29, 1.82) is 0 Å². The average Bonchev–Trinajstić information content (AvgIpc) is 2.53. The molecule has 2 rings (SSSR count). The molecule has 1 heterocycles. The summed E-state index contributed by atoms with van der Waals surface area (Å²) in [5.41, 5.74) is 1.98. The fourth-order valence-corrected chi connectivity index (χ4v) is 1.76. The highest BCUT2D eigenvalue weighted by molar-refractivity contribution is 5.43. The van der Waals surface area contributed by atoms with Crippen molar-refractivity contribution in [3.05, 3.63) is 41.9 Å². The molecular formula is C15H19N3O2. The molecule has 0 spiro atoms. The Balaban J connectivity index is 2.05. The maximum absolute atomic E-state index is 5.74. The van der Waals surface area contributed by atoms with Crippen LogP contribution in [0.2, 0.25) is 0 Å². The molecule has 0 aliphatic carbocycles. The summed E-state index contributed by atoms with van der Waals surface area (Å²) in [5.74, 6) is 2.19. The number of nitrogens with one attached hydrogen (secondary N) is 1. The van der Waals surface area contributed by atoms with E-state index in [1.54, 1.807) is 26.6 Å². The maximum Gasteiger partial charge on any atom is 0.161 e. The summed E-state index contributed by atoms with van der Waals surface area (Å²) >= 11 is 0. The fourth-order valence-electron chi connectivity index (χ4n) is 1.76. The van der Waals surface area contributed by atoms with Crippen molar-refractivity contribution in [1.82, 2.24) is 9.97 Å². The second-order valence-electron chi connectivity index (χ2n) is 4.27. The van der Waals surface area contributed by atoms with E-state index >= 15 is 0 Å². The van der Waals surface area contributed by atoms with Gasteiger partial charge in [0.25, 0.3) is 0 Å². The second-order valence-corrected chi connectivity index (χ2v) is 4.27. The van der Waals surface area contributed by atoms with E-state index in [9.17, 15) is 0 Å². The Morgan fingerprint density at radius 1 is 1.15 bits per heavy atom. The molecule has 0 aliphatic heterocycles. The van der Waals surface area contributed by atoms with E-state index in [1.165, 1.54) is 5.56 Å².